The van der Waals surface area contributed by atoms with Gasteiger partial charge < -0.3 is 14.6 Å². The van der Waals surface area contributed by atoms with E-state index >= 15 is 0 Å². The molecule has 0 heterocycles. The van der Waals surface area contributed by atoms with Gasteiger partial charge in [-0.2, -0.15) is 0 Å². The summed E-state index contributed by atoms with van der Waals surface area (Å²) in [6.45, 7) is 11.3. The van der Waals surface area contributed by atoms with Gasteiger partial charge in [0.25, 0.3) is 0 Å². The number of rotatable bonds is 8. The predicted molar refractivity (Wildman–Crippen MR) is 119 cm³/mol. The smallest absolute Gasteiger partial charge is 0.118 e. The molecule has 2 aliphatic carbocycles. The lowest BCUT2D eigenvalue weighted by atomic mass is 9.59. The van der Waals surface area contributed by atoms with Crippen molar-refractivity contribution in [3.63, 3.8) is 0 Å². The Morgan fingerprint density at radius 2 is 2.03 bits per heavy atom. The average molecular weight is 399 g/mol. The van der Waals surface area contributed by atoms with E-state index in [0.29, 0.717) is 24.9 Å². The molecule has 5 atom stereocenters. The number of hydrogen-bond donors (Lipinski definition) is 1. The van der Waals surface area contributed by atoms with Gasteiger partial charge in [0.1, 0.15) is 5.75 Å². The normalized spacial score (nSPS) is 30.2. The summed E-state index contributed by atoms with van der Waals surface area (Å²) >= 11 is 0. The fourth-order valence-electron chi connectivity index (χ4n) is 5.45. The van der Waals surface area contributed by atoms with Crippen LogP contribution in [-0.2, 0) is 11.3 Å². The summed E-state index contributed by atoms with van der Waals surface area (Å²) in [5.74, 6) is 1.86. The molecular formula is C26H38O3. The van der Waals surface area contributed by atoms with E-state index in [2.05, 4.69) is 38.6 Å². The molecule has 1 aromatic carbocycles. The maximum Gasteiger partial charge on any atom is 0.118 e. The zero-order chi connectivity index (χ0) is 21.0. The van der Waals surface area contributed by atoms with Crippen molar-refractivity contribution in [3.05, 3.63) is 53.6 Å². The molecule has 0 aromatic heterocycles. The molecule has 0 bridgehead atoms. The molecule has 1 aromatic rings. The number of hydrogen-bond acceptors (Lipinski definition) is 3. The van der Waals surface area contributed by atoms with Crippen molar-refractivity contribution in [1.29, 1.82) is 0 Å². The highest BCUT2D eigenvalue weighted by Crippen LogP contribution is 2.52. The summed E-state index contributed by atoms with van der Waals surface area (Å²) in [6.07, 6.45) is 8.53. The van der Waals surface area contributed by atoms with E-state index in [9.17, 15) is 5.11 Å². The van der Waals surface area contributed by atoms with Gasteiger partial charge in [-0.25, -0.2) is 0 Å². The average Bonchev–Trinajstić information content (AvgIpc) is 2.67. The summed E-state index contributed by atoms with van der Waals surface area (Å²) in [7, 11) is 1.69. The number of aliphatic hydroxyl groups is 1. The summed E-state index contributed by atoms with van der Waals surface area (Å²) in [6, 6.07) is 8.16. The number of ether oxygens (including phenoxy) is 2. The van der Waals surface area contributed by atoms with Crippen molar-refractivity contribution < 1.29 is 14.6 Å². The van der Waals surface area contributed by atoms with Crippen LogP contribution in [-0.4, -0.2) is 24.4 Å². The molecule has 0 aliphatic heterocycles. The van der Waals surface area contributed by atoms with Crippen molar-refractivity contribution in [1.82, 2.24) is 0 Å². The topological polar surface area (TPSA) is 38.7 Å². The first-order valence-corrected chi connectivity index (χ1v) is 11.1. The van der Waals surface area contributed by atoms with Gasteiger partial charge in [-0.15, -0.1) is 6.58 Å². The fraction of sp³-hybridized carbons (Fsp3) is 0.615. The number of methoxy groups -OCH3 is 1. The van der Waals surface area contributed by atoms with E-state index in [4.69, 9.17) is 9.47 Å². The number of allylic oxidation sites excluding steroid dienone is 1. The van der Waals surface area contributed by atoms with Crippen LogP contribution in [0.3, 0.4) is 0 Å². The Bertz CT molecular complexity index is 720. The van der Waals surface area contributed by atoms with E-state index in [0.717, 1.165) is 30.6 Å². The Balaban J connectivity index is 1.70. The molecule has 0 spiro atoms. The van der Waals surface area contributed by atoms with Crippen LogP contribution >= 0.6 is 0 Å². The van der Waals surface area contributed by atoms with E-state index in [1.165, 1.54) is 24.0 Å². The molecule has 0 unspecified atom stereocenters. The molecule has 3 heteroatoms. The highest BCUT2D eigenvalue weighted by atomic mass is 16.5. The first-order valence-electron chi connectivity index (χ1n) is 11.1. The van der Waals surface area contributed by atoms with Gasteiger partial charge in [0.2, 0.25) is 0 Å². The lowest BCUT2D eigenvalue weighted by Crippen LogP contribution is -2.43. The lowest BCUT2D eigenvalue weighted by molar-refractivity contribution is -0.0451. The van der Waals surface area contributed by atoms with E-state index in [1.807, 2.05) is 19.1 Å². The Labute approximate surface area is 176 Å². The second kappa shape index (κ2) is 9.49. The monoisotopic (exact) mass is 398 g/mol. The minimum absolute atomic E-state index is 0.0691. The standard InChI is InChI=1S/C26H38O3/c1-18(2)15-21(27)16-26(4)14-6-7-23-24(26)13-8-19(3)25(23)29-17-20-9-11-22(28-5)12-10-20/h9-13,19,21,23,25,27H,1,6-8,14-17H2,2-5H3/t19-,21-,23-,25-,26+/m0/s1. The Morgan fingerprint density at radius 3 is 2.69 bits per heavy atom. The molecule has 0 saturated heterocycles. The summed E-state index contributed by atoms with van der Waals surface area (Å²) in [4.78, 5) is 0. The number of fused-ring (bicyclic) bond motifs is 1. The second-order valence-electron chi connectivity index (χ2n) is 9.57. The van der Waals surface area contributed by atoms with Gasteiger partial charge >= 0.3 is 0 Å². The molecule has 3 rings (SSSR count). The Morgan fingerprint density at radius 1 is 1.31 bits per heavy atom. The van der Waals surface area contributed by atoms with E-state index < -0.39 is 0 Å². The molecule has 0 amide bonds. The fourth-order valence-corrected chi connectivity index (χ4v) is 5.45. The zero-order valence-electron chi connectivity index (χ0n) is 18.6. The first kappa shape index (κ1) is 22.1. The van der Waals surface area contributed by atoms with Gasteiger partial charge in [0, 0.05) is 5.92 Å². The van der Waals surface area contributed by atoms with Crippen LogP contribution in [0.15, 0.2) is 48.1 Å². The molecular weight excluding hydrogens is 360 g/mol. The molecule has 2 aliphatic rings. The second-order valence-corrected chi connectivity index (χ2v) is 9.57. The van der Waals surface area contributed by atoms with E-state index in [-0.39, 0.29) is 17.6 Å². The predicted octanol–water partition coefficient (Wildman–Crippen LogP) is 6.07. The van der Waals surface area contributed by atoms with E-state index in [1.54, 1.807) is 7.11 Å². The molecule has 3 nitrogen and oxygen atoms in total. The quantitative estimate of drug-likeness (QED) is 0.540. The van der Waals surface area contributed by atoms with Gasteiger partial charge in [-0.3, -0.25) is 0 Å². The van der Waals surface area contributed by atoms with Crippen LogP contribution in [0.5, 0.6) is 5.75 Å². The van der Waals surface area contributed by atoms with Crippen LogP contribution in [0.4, 0.5) is 0 Å². The first-order chi connectivity index (χ1) is 13.8. The molecule has 0 radical (unpaired) electrons. The lowest BCUT2D eigenvalue weighted by Gasteiger charge is -2.48. The van der Waals surface area contributed by atoms with Crippen LogP contribution < -0.4 is 4.74 Å². The minimum atomic E-state index is -0.310. The number of aliphatic hydroxyl groups excluding tert-OH is 1. The maximum absolute atomic E-state index is 10.6. The zero-order valence-corrected chi connectivity index (χ0v) is 18.6. The molecule has 1 N–H and O–H groups in total. The van der Waals surface area contributed by atoms with Gasteiger partial charge in [-0.1, -0.05) is 49.6 Å². The third-order valence-corrected chi connectivity index (χ3v) is 6.88. The Hall–Kier alpha value is -1.58. The highest BCUT2D eigenvalue weighted by Gasteiger charge is 2.44. The van der Waals surface area contributed by atoms with Crippen LogP contribution in [0.2, 0.25) is 0 Å². The van der Waals surface area contributed by atoms with Crippen molar-refractivity contribution in [3.8, 4) is 5.75 Å². The minimum Gasteiger partial charge on any atom is -0.497 e. The summed E-state index contributed by atoms with van der Waals surface area (Å²) in [5, 5.41) is 10.6. The maximum atomic E-state index is 10.6. The third-order valence-electron chi connectivity index (χ3n) is 6.88. The largest absolute Gasteiger partial charge is 0.497 e. The van der Waals surface area contributed by atoms with Crippen LogP contribution in [0.25, 0.3) is 0 Å². The van der Waals surface area contributed by atoms with Crippen LogP contribution in [0, 0.1) is 17.3 Å². The van der Waals surface area contributed by atoms with Crippen molar-refractivity contribution in [2.75, 3.05) is 7.11 Å². The van der Waals surface area contributed by atoms with Gasteiger partial charge in [0.15, 0.2) is 0 Å². The molecule has 1 saturated carbocycles. The van der Waals surface area contributed by atoms with Crippen molar-refractivity contribution in [2.45, 2.75) is 78.1 Å². The highest BCUT2D eigenvalue weighted by molar-refractivity contribution is 5.27. The van der Waals surface area contributed by atoms with Crippen LogP contribution in [0.1, 0.15) is 64.9 Å². The molecule has 160 valence electrons. The van der Waals surface area contributed by atoms with Crippen molar-refractivity contribution in [2.24, 2.45) is 17.3 Å². The summed E-state index contributed by atoms with van der Waals surface area (Å²) < 4.78 is 11.8. The molecule has 29 heavy (non-hydrogen) atoms. The number of benzene rings is 1. The SMILES string of the molecule is C=C(C)C[C@H](O)C[C@@]1(C)CCC[C@H]2C1=CC[C@H](C)[C@@H]2OCc1ccc(OC)cc1. The molecule has 1 fully saturated rings. The van der Waals surface area contributed by atoms with Crippen molar-refractivity contribution >= 4 is 0 Å². The third kappa shape index (κ3) is 5.32. The Kier molecular flexibility index (Phi) is 7.23. The van der Waals surface area contributed by atoms with Gasteiger partial charge in [0.05, 0.1) is 25.9 Å². The van der Waals surface area contributed by atoms with Gasteiger partial charge in [-0.05, 0) is 68.1 Å². The summed E-state index contributed by atoms with van der Waals surface area (Å²) in [5.41, 5.74) is 3.84.